The van der Waals surface area contributed by atoms with Gasteiger partial charge in [-0.3, -0.25) is 14.6 Å². The summed E-state index contributed by atoms with van der Waals surface area (Å²) in [5, 5.41) is 10.3. The van der Waals surface area contributed by atoms with E-state index >= 15 is 0 Å². The summed E-state index contributed by atoms with van der Waals surface area (Å²) in [6.45, 7) is 7.32. The van der Waals surface area contributed by atoms with Gasteiger partial charge in [-0.25, -0.2) is 0 Å². The van der Waals surface area contributed by atoms with E-state index in [4.69, 9.17) is 4.74 Å². The molecule has 2 aromatic carbocycles. The number of carbonyl (C=O) groups is 1. The van der Waals surface area contributed by atoms with Gasteiger partial charge in [0.1, 0.15) is 18.5 Å². The van der Waals surface area contributed by atoms with Crippen LogP contribution in [0.1, 0.15) is 22.8 Å². The van der Waals surface area contributed by atoms with Crippen molar-refractivity contribution in [2.75, 3.05) is 39.3 Å². The summed E-state index contributed by atoms with van der Waals surface area (Å²) in [6, 6.07) is 17.6. The number of β-amino-alcohol motifs (C(OH)–C–C–N with tert-alkyl or cyclic N) is 1. The van der Waals surface area contributed by atoms with E-state index < -0.39 is 6.10 Å². The van der Waals surface area contributed by atoms with E-state index in [2.05, 4.69) is 34.1 Å². The van der Waals surface area contributed by atoms with Crippen molar-refractivity contribution in [3.8, 4) is 5.75 Å². The fourth-order valence-corrected chi connectivity index (χ4v) is 3.30. The maximum atomic E-state index is 11.3. The van der Waals surface area contributed by atoms with Crippen molar-refractivity contribution in [3.05, 3.63) is 65.7 Å². The van der Waals surface area contributed by atoms with Crippen LogP contribution in [0, 0.1) is 0 Å². The summed E-state index contributed by atoms with van der Waals surface area (Å²) in [7, 11) is 0. The molecule has 0 aliphatic carbocycles. The van der Waals surface area contributed by atoms with Gasteiger partial charge in [-0.05, 0) is 36.8 Å². The highest BCUT2D eigenvalue weighted by Crippen LogP contribution is 2.13. The van der Waals surface area contributed by atoms with Gasteiger partial charge < -0.3 is 9.84 Å². The van der Waals surface area contributed by atoms with Crippen molar-refractivity contribution < 1.29 is 14.6 Å². The minimum atomic E-state index is -0.529. The molecule has 0 spiro atoms. The Morgan fingerprint density at radius 3 is 2.26 bits per heavy atom. The third-order valence-electron chi connectivity index (χ3n) is 4.89. The largest absolute Gasteiger partial charge is 0.491 e. The van der Waals surface area contributed by atoms with Gasteiger partial charge in [0, 0.05) is 44.8 Å². The Morgan fingerprint density at radius 1 is 1.00 bits per heavy atom. The highest BCUT2D eigenvalue weighted by atomic mass is 16.5. The minimum Gasteiger partial charge on any atom is -0.491 e. The number of aliphatic hydroxyl groups is 1. The molecule has 0 bridgehead atoms. The molecule has 1 atom stereocenters. The number of ketones is 1. The van der Waals surface area contributed by atoms with Gasteiger partial charge in [-0.1, -0.05) is 30.3 Å². The normalized spacial score (nSPS) is 16.8. The molecule has 144 valence electrons. The van der Waals surface area contributed by atoms with Gasteiger partial charge in [0.2, 0.25) is 0 Å². The molecule has 1 heterocycles. The average Bonchev–Trinajstić information content (AvgIpc) is 2.69. The summed E-state index contributed by atoms with van der Waals surface area (Å²) in [4.78, 5) is 16.0. The third-order valence-corrected chi connectivity index (χ3v) is 4.89. The zero-order valence-corrected chi connectivity index (χ0v) is 15.9. The number of ether oxygens (including phenoxy) is 1. The predicted molar refractivity (Wildman–Crippen MR) is 106 cm³/mol. The maximum absolute atomic E-state index is 11.3. The summed E-state index contributed by atoms with van der Waals surface area (Å²) in [5.41, 5.74) is 2.01. The predicted octanol–water partition coefficient (Wildman–Crippen LogP) is 2.45. The molecule has 0 saturated carbocycles. The Morgan fingerprint density at radius 2 is 1.63 bits per heavy atom. The smallest absolute Gasteiger partial charge is 0.159 e. The Labute approximate surface area is 161 Å². The van der Waals surface area contributed by atoms with Crippen LogP contribution in [-0.2, 0) is 6.54 Å². The van der Waals surface area contributed by atoms with Crippen LogP contribution in [0.25, 0.3) is 0 Å². The molecule has 5 heteroatoms. The monoisotopic (exact) mass is 368 g/mol. The molecule has 27 heavy (non-hydrogen) atoms. The van der Waals surface area contributed by atoms with Gasteiger partial charge in [0.15, 0.2) is 5.78 Å². The molecule has 2 aromatic rings. The van der Waals surface area contributed by atoms with Crippen LogP contribution < -0.4 is 4.74 Å². The summed E-state index contributed by atoms with van der Waals surface area (Å²) >= 11 is 0. The molecule has 1 fully saturated rings. The summed E-state index contributed by atoms with van der Waals surface area (Å²) in [6.07, 6.45) is -0.529. The molecule has 0 aromatic heterocycles. The number of benzene rings is 2. The Hall–Kier alpha value is -2.21. The van der Waals surface area contributed by atoms with Crippen molar-refractivity contribution in [2.24, 2.45) is 0 Å². The highest BCUT2D eigenvalue weighted by Gasteiger charge is 2.19. The summed E-state index contributed by atoms with van der Waals surface area (Å²) < 4.78 is 5.65. The quantitative estimate of drug-likeness (QED) is 0.726. The van der Waals surface area contributed by atoms with Gasteiger partial charge in [-0.2, -0.15) is 0 Å². The third kappa shape index (κ3) is 6.17. The topological polar surface area (TPSA) is 53.0 Å². The molecular weight excluding hydrogens is 340 g/mol. The van der Waals surface area contributed by atoms with Gasteiger partial charge in [-0.15, -0.1) is 0 Å². The molecule has 0 amide bonds. The van der Waals surface area contributed by atoms with Gasteiger partial charge in [0.25, 0.3) is 0 Å². The Kier molecular flexibility index (Phi) is 6.98. The van der Waals surface area contributed by atoms with Crippen LogP contribution in [0.5, 0.6) is 5.75 Å². The van der Waals surface area contributed by atoms with Crippen LogP contribution >= 0.6 is 0 Å². The number of rotatable bonds is 8. The Bertz CT molecular complexity index is 710. The fourth-order valence-electron chi connectivity index (χ4n) is 3.30. The number of hydrogen-bond donors (Lipinski definition) is 1. The first-order valence-corrected chi connectivity index (χ1v) is 9.50. The van der Waals surface area contributed by atoms with E-state index in [1.807, 2.05) is 6.07 Å². The number of aliphatic hydroxyl groups excluding tert-OH is 1. The lowest BCUT2D eigenvalue weighted by atomic mass is 10.1. The second-order valence-corrected chi connectivity index (χ2v) is 7.11. The van der Waals surface area contributed by atoms with E-state index in [-0.39, 0.29) is 12.4 Å². The average molecular weight is 368 g/mol. The van der Waals surface area contributed by atoms with Crippen molar-refractivity contribution in [3.63, 3.8) is 0 Å². The van der Waals surface area contributed by atoms with E-state index in [0.29, 0.717) is 17.9 Å². The van der Waals surface area contributed by atoms with E-state index in [9.17, 15) is 9.90 Å². The van der Waals surface area contributed by atoms with Gasteiger partial charge >= 0.3 is 0 Å². The summed E-state index contributed by atoms with van der Waals surface area (Å²) in [5.74, 6) is 0.708. The lowest BCUT2D eigenvalue weighted by Gasteiger charge is -2.35. The Balaban J connectivity index is 1.36. The van der Waals surface area contributed by atoms with Crippen LogP contribution in [0.4, 0.5) is 0 Å². The molecule has 3 rings (SSSR count). The number of nitrogens with zero attached hydrogens (tertiary/aromatic N) is 2. The number of piperazine rings is 1. The lowest BCUT2D eigenvalue weighted by molar-refractivity contribution is 0.0446. The lowest BCUT2D eigenvalue weighted by Crippen LogP contribution is -2.48. The zero-order valence-electron chi connectivity index (χ0n) is 15.9. The second kappa shape index (κ2) is 9.65. The molecule has 0 radical (unpaired) electrons. The zero-order chi connectivity index (χ0) is 19.1. The number of hydrogen-bond acceptors (Lipinski definition) is 5. The number of carbonyl (C=O) groups excluding carboxylic acids is 1. The number of Topliss-reactive ketones (excluding diaryl/α,β-unsaturated/α-hetero) is 1. The minimum absolute atomic E-state index is 0.0352. The van der Waals surface area contributed by atoms with Crippen LogP contribution in [-0.4, -0.2) is 66.1 Å². The standard InChI is InChI=1S/C22H28N2O3/c1-18(25)20-7-9-22(10-8-20)27-17-21(26)16-24-13-11-23(12-14-24)15-19-5-3-2-4-6-19/h2-10,21,26H,11-17H2,1H3/t21-/m1/s1. The highest BCUT2D eigenvalue weighted by molar-refractivity contribution is 5.94. The van der Waals surface area contributed by atoms with E-state index in [1.165, 1.54) is 5.56 Å². The first-order chi connectivity index (χ1) is 13.1. The maximum Gasteiger partial charge on any atom is 0.159 e. The van der Waals surface area contributed by atoms with Crippen LogP contribution in [0.15, 0.2) is 54.6 Å². The van der Waals surface area contributed by atoms with Crippen LogP contribution in [0.3, 0.4) is 0 Å². The molecule has 1 aliphatic rings. The molecular formula is C22H28N2O3. The molecule has 1 saturated heterocycles. The van der Waals surface area contributed by atoms with E-state index in [0.717, 1.165) is 32.7 Å². The van der Waals surface area contributed by atoms with Crippen LogP contribution in [0.2, 0.25) is 0 Å². The molecule has 1 N–H and O–H groups in total. The first-order valence-electron chi connectivity index (χ1n) is 9.50. The van der Waals surface area contributed by atoms with Crippen molar-refractivity contribution in [2.45, 2.75) is 19.6 Å². The van der Waals surface area contributed by atoms with Crippen molar-refractivity contribution >= 4 is 5.78 Å². The first kappa shape index (κ1) is 19.5. The fraction of sp³-hybridized carbons (Fsp3) is 0.409. The van der Waals surface area contributed by atoms with E-state index in [1.54, 1.807) is 31.2 Å². The van der Waals surface area contributed by atoms with Crippen molar-refractivity contribution in [1.29, 1.82) is 0 Å². The van der Waals surface area contributed by atoms with Gasteiger partial charge in [0.05, 0.1) is 0 Å². The SMILES string of the molecule is CC(=O)c1ccc(OC[C@H](O)CN2CCN(Cc3ccccc3)CC2)cc1. The molecule has 1 aliphatic heterocycles. The molecule has 5 nitrogen and oxygen atoms in total. The molecule has 0 unspecified atom stereocenters. The van der Waals surface area contributed by atoms with Crippen molar-refractivity contribution in [1.82, 2.24) is 9.80 Å². The second-order valence-electron chi connectivity index (χ2n) is 7.11.